The van der Waals surface area contributed by atoms with Crippen molar-refractivity contribution in [3.63, 3.8) is 0 Å². The Morgan fingerprint density at radius 2 is 1.84 bits per heavy atom. The minimum atomic E-state index is -4.59. The van der Waals surface area contributed by atoms with Gasteiger partial charge in [-0.3, -0.25) is 0 Å². The zero-order valence-corrected chi connectivity index (χ0v) is 18.5. The normalized spacial score (nSPS) is 20.2. The maximum atomic E-state index is 13.5. The highest BCUT2D eigenvalue weighted by atomic mass is 32.1. The summed E-state index contributed by atoms with van der Waals surface area (Å²) in [5.41, 5.74) is -0.130. The molecule has 0 saturated carbocycles. The second kappa shape index (κ2) is 8.97. The van der Waals surface area contributed by atoms with Crippen LogP contribution in [0.2, 0.25) is 0 Å². The summed E-state index contributed by atoms with van der Waals surface area (Å²) >= 11 is 5.26. The molecule has 2 N–H and O–H groups in total. The Bertz CT molecular complexity index is 994. The van der Waals surface area contributed by atoms with E-state index in [1.807, 2.05) is 17.0 Å². The average molecular weight is 468 g/mol. The van der Waals surface area contributed by atoms with Crippen LogP contribution >= 0.6 is 12.2 Å². The predicted molar refractivity (Wildman–Crippen MR) is 118 cm³/mol. The van der Waals surface area contributed by atoms with E-state index >= 15 is 0 Å². The van der Waals surface area contributed by atoms with E-state index in [-0.39, 0.29) is 23.7 Å². The van der Waals surface area contributed by atoms with Crippen molar-refractivity contribution in [3.8, 4) is 11.5 Å². The van der Waals surface area contributed by atoms with Gasteiger partial charge in [-0.2, -0.15) is 18.2 Å². The molecule has 0 bridgehead atoms. The first-order valence-corrected chi connectivity index (χ1v) is 10.7. The van der Waals surface area contributed by atoms with Crippen LogP contribution in [-0.2, 0) is 12.7 Å². The van der Waals surface area contributed by atoms with Crippen LogP contribution in [0.5, 0.6) is 11.5 Å². The Balaban J connectivity index is 1.47. The first-order valence-electron chi connectivity index (χ1n) is 10.3. The number of anilines is 2. The van der Waals surface area contributed by atoms with Crippen LogP contribution in [0.15, 0.2) is 24.3 Å². The van der Waals surface area contributed by atoms with E-state index in [1.165, 1.54) is 0 Å². The summed E-state index contributed by atoms with van der Waals surface area (Å²) in [6.45, 7) is 5.98. The second-order valence-electron chi connectivity index (χ2n) is 8.28. The van der Waals surface area contributed by atoms with Crippen molar-refractivity contribution in [1.29, 1.82) is 0 Å². The summed E-state index contributed by atoms with van der Waals surface area (Å²) < 4.78 is 51.1. The van der Waals surface area contributed by atoms with Gasteiger partial charge in [-0.25, -0.2) is 4.98 Å². The van der Waals surface area contributed by atoms with Gasteiger partial charge in [-0.1, -0.05) is 19.9 Å². The van der Waals surface area contributed by atoms with E-state index in [4.69, 9.17) is 21.7 Å². The predicted octanol–water partition coefficient (Wildman–Crippen LogP) is 4.19. The lowest BCUT2D eigenvalue weighted by Gasteiger charge is -2.36. The van der Waals surface area contributed by atoms with Crippen molar-refractivity contribution >= 4 is 29.1 Å². The van der Waals surface area contributed by atoms with E-state index in [1.54, 1.807) is 6.07 Å². The zero-order chi connectivity index (χ0) is 22.9. The summed E-state index contributed by atoms with van der Waals surface area (Å²) in [6, 6.07) is 6.45. The summed E-state index contributed by atoms with van der Waals surface area (Å²) in [4.78, 5) is 9.84. The monoisotopic (exact) mass is 467 g/mol. The minimum Gasteiger partial charge on any atom is -0.454 e. The summed E-state index contributed by atoms with van der Waals surface area (Å²) in [5.74, 6) is 2.09. The van der Waals surface area contributed by atoms with Gasteiger partial charge in [0.05, 0.1) is 0 Å². The van der Waals surface area contributed by atoms with Gasteiger partial charge in [0, 0.05) is 25.7 Å². The number of benzene rings is 1. The SMILES string of the molecule is C[C@@H]1C[C@H](C)CN(c2cc(C(F)(F)F)nc(NC(=S)NCc3ccc4c(c3)OCO4)n2)C1. The molecule has 11 heteroatoms. The lowest BCUT2D eigenvalue weighted by atomic mass is 9.92. The van der Waals surface area contributed by atoms with Crippen molar-refractivity contribution in [2.45, 2.75) is 33.0 Å². The second-order valence-corrected chi connectivity index (χ2v) is 8.69. The van der Waals surface area contributed by atoms with E-state index in [2.05, 4.69) is 34.4 Å². The number of halogens is 3. The number of nitrogens with one attached hydrogen (secondary N) is 2. The van der Waals surface area contributed by atoms with E-state index in [0.29, 0.717) is 43.0 Å². The van der Waals surface area contributed by atoms with Crippen LogP contribution < -0.4 is 25.0 Å². The van der Waals surface area contributed by atoms with Crippen molar-refractivity contribution < 1.29 is 22.6 Å². The van der Waals surface area contributed by atoms with Gasteiger partial charge in [-0.05, 0) is 48.2 Å². The van der Waals surface area contributed by atoms with Crippen LogP contribution in [0.1, 0.15) is 31.5 Å². The largest absolute Gasteiger partial charge is 0.454 e. The molecule has 4 rings (SSSR count). The third kappa shape index (κ3) is 5.32. The highest BCUT2D eigenvalue weighted by molar-refractivity contribution is 7.80. The number of fused-ring (bicyclic) bond motifs is 1. The fourth-order valence-electron chi connectivity index (χ4n) is 4.03. The third-order valence-electron chi connectivity index (χ3n) is 5.31. The molecule has 0 aliphatic carbocycles. The lowest BCUT2D eigenvalue weighted by Crippen LogP contribution is -2.39. The average Bonchev–Trinajstić information content (AvgIpc) is 3.18. The maximum Gasteiger partial charge on any atom is 0.433 e. The standard InChI is InChI=1S/C21H24F3N5O2S/c1-12-5-13(2)10-29(9-12)18-7-17(21(22,23)24)26-19(27-18)28-20(32)25-8-14-3-4-15-16(6-14)31-11-30-15/h3-4,6-7,12-13H,5,8-11H2,1-2H3,(H2,25,26,27,28,32)/t12-,13+. The molecule has 7 nitrogen and oxygen atoms in total. The first kappa shape index (κ1) is 22.4. The molecule has 0 amide bonds. The van der Waals surface area contributed by atoms with E-state index in [0.717, 1.165) is 18.1 Å². The Morgan fingerprint density at radius 1 is 1.12 bits per heavy atom. The highest BCUT2D eigenvalue weighted by Gasteiger charge is 2.35. The Kier molecular flexibility index (Phi) is 6.27. The number of hydrogen-bond acceptors (Lipinski definition) is 6. The quantitative estimate of drug-likeness (QED) is 0.649. The minimum absolute atomic E-state index is 0.119. The number of aromatic nitrogens is 2. The molecular formula is C21H24F3N5O2S. The van der Waals surface area contributed by atoms with Gasteiger partial charge in [0.15, 0.2) is 22.3 Å². The molecule has 2 aromatic rings. The van der Waals surface area contributed by atoms with Gasteiger partial charge in [0.2, 0.25) is 12.7 Å². The number of nitrogens with zero attached hydrogens (tertiary/aromatic N) is 3. The number of thiocarbonyl (C=S) groups is 1. The highest BCUT2D eigenvalue weighted by Crippen LogP contribution is 2.33. The van der Waals surface area contributed by atoms with Crippen LogP contribution in [0, 0.1) is 11.8 Å². The number of ether oxygens (including phenoxy) is 2. The molecule has 1 saturated heterocycles. The zero-order valence-electron chi connectivity index (χ0n) is 17.7. The molecule has 3 heterocycles. The van der Waals surface area contributed by atoms with Crippen LogP contribution in [0.25, 0.3) is 0 Å². The molecule has 1 aromatic carbocycles. The fourth-order valence-corrected chi connectivity index (χ4v) is 4.19. The maximum absolute atomic E-state index is 13.5. The van der Waals surface area contributed by atoms with Gasteiger partial charge in [-0.15, -0.1) is 0 Å². The van der Waals surface area contributed by atoms with Gasteiger partial charge in [0.1, 0.15) is 5.82 Å². The van der Waals surface area contributed by atoms with Crippen molar-refractivity contribution in [2.24, 2.45) is 11.8 Å². The van der Waals surface area contributed by atoms with Gasteiger partial charge >= 0.3 is 6.18 Å². The number of hydrogen-bond donors (Lipinski definition) is 2. The summed E-state index contributed by atoms with van der Waals surface area (Å²) in [5, 5.41) is 5.77. The lowest BCUT2D eigenvalue weighted by molar-refractivity contribution is -0.141. The third-order valence-corrected chi connectivity index (χ3v) is 5.56. The summed E-state index contributed by atoms with van der Waals surface area (Å²) in [6.07, 6.45) is -3.56. The van der Waals surface area contributed by atoms with Crippen molar-refractivity contribution in [2.75, 3.05) is 30.1 Å². The summed E-state index contributed by atoms with van der Waals surface area (Å²) in [7, 11) is 0. The van der Waals surface area contributed by atoms with Crippen molar-refractivity contribution in [3.05, 3.63) is 35.5 Å². The number of piperidine rings is 1. The molecule has 0 spiro atoms. The molecule has 1 fully saturated rings. The molecule has 172 valence electrons. The molecule has 2 aliphatic rings. The van der Waals surface area contributed by atoms with Gasteiger partial charge in [0.25, 0.3) is 0 Å². The smallest absolute Gasteiger partial charge is 0.433 e. The van der Waals surface area contributed by atoms with E-state index < -0.39 is 11.9 Å². The number of rotatable bonds is 4. The molecule has 1 aromatic heterocycles. The topological polar surface area (TPSA) is 71.5 Å². The molecule has 32 heavy (non-hydrogen) atoms. The number of alkyl halides is 3. The molecular weight excluding hydrogens is 443 g/mol. The van der Waals surface area contributed by atoms with Crippen LogP contribution in [-0.4, -0.2) is 35.0 Å². The Morgan fingerprint density at radius 3 is 2.56 bits per heavy atom. The van der Waals surface area contributed by atoms with Crippen molar-refractivity contribution in [1.82, 2.24) is 15.3 Å². The molecule has 0 unspecified atom stereocenters. The molecule has 2 atom stereocenters. The Labute approximate surface area is 189 Å². The molecule has 2 aliphatic heterocycles. The van der Waals surface area contributed by atoms with Crippen LogP contribution in [0.4, 0.5) is 24.9 Å². The van der Waals surface area contributed by atoms with Gasteiger partial charge < -0.3 is 25.0 Å². The Hall–Kier alpha value is -2.82. The first-order chi connectivity index (χ1) is 15.2. The van der Waals surface area contributed by atoms with Crippen LogP contribution in [0.3, 0.4) is 0 Å². The molecule has 0 radical (unpaired) electrons. The fraction of sp³-hybridized carbons (Fsp3) is 0.476. The van der Waals surface area contributed by atoms with E-state index in [9.17, 15) is 13.2 Å².